The van der Waals surface area contributed by atoms with E-state index in [0.29, 0.717) is 6.54 Å². The van der Waals surface area contributed by atoms with Gasteiger partial charge in [-0.25, -0.2) is 5.43 Å². The first-order chi connectivity index (χ1) is 12.9. The molecule has 0 bridgehead atoms. The van der Waals surface area contributed by atoms with E-state index in [-0.39, 0.29) is 5.56 Å². The van der Waals surface area contributed by atoms with E-state index in [1.54, 1.807) is 6.08 Å². The summed E-state index contributed by atoms with van der Waals surface area (Å²) in [5.41, 5.74) is 3.03. The van der Waals surface area contributed by atoms with E-state index in [1.165, 1.54) is 18.3 Å². The van der Waals surface area contributed by atoms with E-state index >= 15 is 0 Å². The van der Waals surface area contributed by atoms with Gasteiger partial charge in [-0.15, -0.1) is 6.58 Å². The maximum atomic E-state index is 12.7. The van der Waals surface area contributed by atoms with Crippen molar-refractivity contribution in [3.05, 3.63) is 84.1 Å². The molecular formula is C20H16F3N3O. The Morgan fingerprint density at radius 1 is 1.19 bits per heavy atom. The highest BCUT2D eigenvalue weighted by Gasteiger charge is 2.30. The van der Waals surface area contributed by atoms with Crippen LogP contribution >= 0.6 is 0 Å². The van der Waals surface area contributed by atoms with Crippen LogP contribution in [0, 0.1) is 0 Å². The predicted octanol–water partition coefficient (Wildman–Crippen LogP) is 4.61. The second kappa shape index (κ2) is 7.49. The number of alkyl halides is 3. The van der Waals surface area contributed by atoms with Crippen molar-refractivity contribution in [1.82, 2.24) is 9.99 Å². The summed E-state index contributed by atoms with van der Waals surface area (Å²) in [5, 5.41) is 4.83. The molecule has 0 aliphatic rings. The number of carbonyl (C=O) groups excluding carboxylic acids is 1. The Hall–Kier alpha value is -3.35. The number of hydrogen-bond donors (Lipinski definition) is 1. The molecule has 2 aromatic carbocycles. The highest BCUT2D eigenvalue weighted by molar-refractivity contribution is 6.00. The van der Waals surface area contributed by atoms with Crippen LogP contribution in [-0.4, -0.2) is 16.7 Å². The van der Waals surface area contributed by atoms with Gasteiger partial charge in [0.2, 0.25) is 0 Å². The number of aromatic nitrogens is 1. The average Bonchev–Trinajstić information content (AvgIpc) is 2.99. The number of para-hydroxylation sites is 1. The fraction of sp³-hybridized carbons (Fsp3) is 0.100. The maximum Gasteiger partial charge on any atom is 0.416 e. The highest BCUT2D eigenvalue weighted by Crippen LogP contribution is 2.29. The number of allylic oxidation sites excluding steroid dienone is 1. The molecular weight excluding hydrogens is 355 g/mol. The number of fused-ring (bicyclic) bond motifs is 1. The maximum absolute atomic E-state index is 12.7. The number of benzene rings is 2. The average molecular weight is 371 g/mol. The van der Waals surface area contributed by atoms with Crippen molar-refractivity contribution in [2.75, 3.05) is 0 Å². The highest BCUT2D eigenvalue weighted by atomic mass is 19.4. The van der Waals surface area contributed by atoms with Crippen molar-refractivity contribution >= 4 is 23.0 Å². The van der Waals surface area contributed by atoms with E-state index < -0.39 is 17.6 Å². The first-order valence-electron chi connectivity index (χ1n) is 8.09. The predicted molar refractivity (Wildman–Crippen MR) is 98.6 cm³/mol. The number of carbonyl (C=O) groups is 1. The van der Waals surface area contributed by atoms with Crippen LogP contribution in [0.15, 0.2) is 72.5 Å². The first-order valence-corrected chi connectivity index (χ1v) is 8.09. The topological polar surface area (TPSA) is 46.4 Å². The van der Waals surface area contributed by atoms with Crippen LogP contribution in [0.5, 0.6) is 0 Å². The second-order valence-corrected chi connectivity index (χ2v) is 5.82. The molecule has 1 aromatic heterocycles. The van der Waals surface area contributed by atoms with Crippen molar-refractivity contribution < 1.29 is 18.0 Å². The van der Waals surface area contributed by atoms with E-state index in [1.807, 2.05) is 35.0 Å². The van der Waals surface area contributed by atoms with Crippen LogP contribution in [0.25, 0.3) is 10.9 Å². The number of amides is 1. The van der Waals surface area contributed by atoms with Gasteiger partial charge in [0.15, 0.2) is 0 Å². The third kappa shape index (κ3) is 4.08. The van der Waals surface area contributed by atoms with Crippen LogP contribution in [0.4, 0.5) is 13.2 Å². The molecule has 138 valence electrons. The van der Waals surface area contributed by atoms with Crippen LogP contribution in [-0.2, 0) is 12.7 Å². The van der Waals surface area contributed by atoms with Gasteiger partial charge in [0.1, 0.15) is 0 Å². The van der Waals surface area contributed by atoms with E-state index in [0.717, 1.165) is 28.6 Å². The molecule has 0 radical (unpaired) electrons. The molecule has 0 fully saturated rings. The Morgan fingerprint density at radius 3 is 2.70 bits per heavy atom. The van der Waals surface area contributed by atoms with Crippen LogP contribution in [0.2, 0.25) is 0 Å². The number of hydrazone groups is 1. The van der Waals surface area contributed by atoms with Crippen LogP contribution < -0.4 is 5.43 Å². The zero-order valence-electron chi connectivity index (χ0n) is 14.2. The zero-order chi connectivity index (χ0) is 19.4. The minimum atomic E-state index is -4.51. The quantitative estimate of drug-likeness (QED) is 0.397. The molecule has 0 spiro atoms. The Bertz CT molecular complexity index is 1020. The fourth-order valence-corrected chi connectivity index (χ4v) is 2.73. The molecule has 0 unspecified atom stereocenters. The van der Waals surface area contributed by atoms with Crippen molar-refractivity contribution in [2.45, 2.75) is 12.7 Å². The van der Waals surface area contributed by atoms with Crippen molar-refractivity contribution in [2.24, 2.45) is 5.10 Å². The summed E-state index contributed by atoms with van der Waals surface area (Å²) >= 11 is 0. The molecule has 7 heteroatoms. The van der Waals surface area contributed by atoms with E-state index in [2.05, 4.69) is 17.1 Å². The van der Waals surface area contributed by atoms with Gasteiger partial charge in [0.25, 0.3) is 5.91 Å². The lowest BCUT2D eigenvalue weighted by molar-refractivity contribution is -0.137. The summed E-state index contributed by atoms with van der Waals surface area (Å²) in [6.45, 7) is 4.34. The molecule has 4 nitrogen and oxygen atoms in total. The van der Waals surface area contributed by atoms with Gasteiger partial charge in [-0.1, -0.05) is 30.3 Å². The summed E-state index contributed by atoms with van der Waals surface area (Å²) < 4.78 is 40.2. The fourth-order valence-electron chi connectivity index (χ4n) is 2.73. The normalized spacial score (nSPS) is 11.8. The Balaban J connectivity index is 1.79. The van der Waals surface area contributed by atoms with Gasteiger partial charge in [0.05, 0.1) is 11.8 Å². The first kappa shape index (κ1) is 18.4. The third-order valence-corrected chi connectivity index (χ3v) is 3.97. The smallest absolute Gasteiger partial charge is 0.343 e. The molecule has 27 heavy (non-hydrogen) atoms. The lowest BCUT2D eigenvalue weighted by Crippen LogP contribution is -2.18. The van der Waals surface area contributed by atoms with Gasteiger partial charge in [-0.2, -0.15) is 18.3 Å². The van der Waals surface area contributed by atoms with E-state index in [9.17, 15) is 18.0 Å². The van der Waals surface area contributed by atoms with Crippen molar-refractivity contribution in [3.63, 3.8) is 0 Å². The van der Waals surface area contributed by atoms with E-state index in [4.69, 9.17) is 0 Å². The summed E-state index contributed by atoms with van der Waals surface area (Å²) in [6.07, 6.45) is 0.592. The molecule has 1 N–H and O–H groups in total. The number of hydrogen-bond acceptors (Lipinski definition) is 2. The minimum absolute atomic E-state index is 0.115. The van der Waals surface area contributed by atoms with Crippen LogP contribution in [0.1, 0.15) is 21.5 Å². The monoisotopic (exact) mass is 371 g/mol. The van der Waals surface area contributed by atoms with Gasteiger partial charge < -0.3 is 4.57 Å². The molecule has 0 atom stereocenters. The number of nitrogens with one attached hydrogen (secondary N) is 1. The standard InChI is InChI=1S/C20H16F3N3O/c1-2-10-26-13-15(17-8-3-4-9-18(17)26)12-24-25-19(27)14-6-5-7-16(11-14)20(21,22)23/h2-9,11-13H,1,10H2,(H,25,27)/b24-12-. The second-order valence-electron chi connectivity index (χ2n) is 5.82. The summed E-state index contributed by atoms with van der Waals surface area (Å²) in [7, 11) is 0. The summed E-state index contributed by atoms with van der Waals surface area (Å²) in [5.74, 6) is -0.716. The molecule has 1 amide bonds. The van der Waals surface area contributed by atoms with Gasteiger partial charge >= 0.3 is 6.18 Å². The van der Waals surface area contributed by atoms with Gasteiger partial charge in [-0.05, 0) is 24.3 Å². The number of nitrogens with zero attached hydrogens (tertiary/aromatic N) is 2. The molecule has 1 heterocycles. The lowest BCUT2D eigenvalue weighted by Gasteiger charge is -2.07. The summed E-state index contributed by atoms with van der Waals surface area (Å²) in [4.78, 5) is 12.1. The Morgan fingerprint density at radius 2 is 1.96 bits per heavy atom. The third-order valence-electron chi connectivity index (χ3n) is 3.97. The van der Waals surface area contributed by atoms with Crippen molar-refractivity contribution in [3.8, 4) is 0 Å². The number of rotatable bonds is 5. The number of halogens is 3. The van der Waals surface area contributed by atoms with Crippen molar-refractivity contribution in [1.29, 1.82) is 0 Å². The SMILES string of the molecule is C=CCn1cc(/C=N\NC(=O)c2cccc(C(F)(F)F)c2)c2ccccc21. The van der Waals surface area contributed by atoms with Gasteiger partial charge in [-0.3, -0.25) is 4.79 Å². The Kier molecular flexibility index (Phi) is 5.12. The minimum Gasteiger partial charge on any atom is -0.343 e. The Labute approximate surface area is 153 Å². The largest absolute Gasteiger partial charge is 0.416 e. The zero-order valence-corrected chi connectivity index (χ0v) is 14.2. The molecule has 0 saturated carbocycles. The summed E-state index contributed by atoms with van der Waals surface area (Å²) in [6, 6.07) is 11.9. The van der Waals surface area contributed by atoms with Gasteiger partial charge in [0, 0.05) is 34.8 Å². The molecule has 0 saturated heterocycles. The lowest BCUT2D eigenvalue weighted by atomic mass is 10.1. The molecule has 3 rings (SSSR count). The molecule has 3 aromatic rings. The van der Waals surface area contributed by atoms with Crippen LogP contribution in [0.3, 0.4) is 0 Å². The molecule has 0 aliphatic heterocycles. The molecule has 0 aliphatic carbocycles.